The van der Waals surface area contributed by atoms with Crippen LogP contribution in [0.2, 0.25) is 0 Å². The van der Waals surface area contributed by atoms with Gasteiger partial charge in [-0.2, -0.15) is 5.10 Å². The van der Waals surface area contributed by atoms with Gasteiger partial charge in [0, 0.05) is 17.2 Å². The van der Waals surface area contributed by atoms with Crippen molar-refractivity contribution in [3.05, 3.63) is 63.7 Å². The Morgan fingerprint density at radius 2 is 1.88 bits per heavy atom. The van der Waals surface area contributed by atoms with E-state index in [0.717, 1.165) is 12.1 Å². The monoisotopic (exact) mass is 354 g/mol. The van der Waals surface area contributed by atoms with Crippen molar-refractivity contribution in [3.8, 4) is 5.75 Å². The molecule has 0 aromatic heterocycles. The first-order valence-corrected chi connectivity index (χ1v) is 6.86. The van der Waals surface area contributed by atoms with Crippen molar-refractivity contribution in [2.75, 3.05) is 5.43 Å². The minimum atomic E-state index is -4.76. The molecule has 0 spiro atoms. The fraction of sp³-hybridized carbons (Fsp3) is 0.133. The number of benzene rings is 2. The van der Waals surface area contributed by atoms with Gasteiger partial charge < -0.3 is 10.5 Å². The van der Waals surface area contributed by atoms with E-state index in [9.17, 15) is 23.3 Å². The number of aryl methyl sites for hydroxylation is 1. The van der Waals surface area contributed by atoms with E-state index in [0.29, 0.717) is 16.8 Å². The summed E-state index contributed by atoms with van der Waals surface area (Å²) >= 11 is 0. The number of nitrogens with one attached hydrogen (secondary N) is 1. The second-order valence-corrected chi connectivity index (χ2v) is 4.94. The summed E-state index contributed by atoms with van der Waals surface area (Å²) < 4.78 is 40.0. The molecule has 0 amide bonds. The molecular weight excluding hydrogens is 341 g/mol. The van der Waals surface area contributed by atoms with Crippen LogP contribution < -0.4 is 15.9 Å². The molecule has 0 atom stereocenters. The molecule has 0 fully saturated rings. The van der Waals surface area contributed by atoms with Crippen molar-refractivity contribution in [2.24, 2.45) is 10.8 Å². The van der Waals surface area contributed by atoms with Gasteiger partial charge in [-0.15, -0.1) is 13.2 Å². The third-order valence-corrected chi connectivity index (χ3v) is 3.08. The maximum Gasteiger partial charge on any atom is 0.573 e. The Morgan fingerprint density at radius 3 is 2.40 bits per heavy atom. The molecule has 10 heteroatoms. The Labute approximate surface area is 140 Å². The number of halogens is 3. The summed E-state index contributed by atoms with van der Waals surface area (Å²) in [6, 6.07) is 9.19. The van der Waals surface area contributed by atoms with Gasteiger partial charge in [-0.25, -0.2) is 0 Å². The summed E-state index contributed by atoms with van der Waals surface area (Å²) in [6.45, 7) is 1.57. The van der Waals surface area contributed by atoms with Crippen LogP contribution in [0.4, 0.5) is 24.5 Å². The first-order chi connectivity index (χ1) is 11.7. The molecule has 0 bridgehead atoms. The zero-order valence-corrected chi connectivity index (χ0v) is 12.9. The Hall–Kier alpha value is -3.30. The van der Waals surface area contributed by atoms with Crippen LogP contribution in [0.1, 0.15) is 11.1 Å². The molecule has 0 saturated heterocycles. The summed E-state index contributed by atoms with van der Waals surface area (Å²) in [5.41, 5.74) is 9.62. The second kappa shape index (κ2) is 7.07. The van der Waals surface area contributed by atoms with Crippen LogP contribution in [-0.2, 0) is 0 Å². The predicted octanol–water partition coefficient (Wildman–Crippen LogP) is 3.53. The minimum absolute atomic E-state index is 0.0373. The van der Waals surface area contributed by atoms with Gasteiger partial charge >= 0.3 is 6.36 Å². The number of hydrazone groups is 1. The maximum absolute atomic E-state index is 12.1. The quantitative estimate of drug-likeness (QED) is 0.370. The highest BCUT2D eigenvalue weighted by molar-refractivity contribution is 5.98. The number of nitro benzene ring substituents is 1. The summed E-state index contributed by atoms with van der Waals surface area (Å²) in [5, 5.41) is 14.7. The number of nitrogens with zero attached hydrogens (tertiary/aromatic N) is 2. The van der Waals surface area contributed by atoms with Crippen LogP contribution in [-0.4, -0.2) is 17.1 Å². The Bertz CT molecular complexity index is 805. The fourth-order valence-electron chi connectivity index (χ4n) is 1.94. The van der Waals surface area contributed by atoms with E-state index >= 15 is 0 Å². The molecule has 2 rings (SSSR count). The highest BCUT2D eigenvalue weighted by Gasteiger charge is 2.30. The van der Waals surface area contributed by atoms with Crippen LogP contribution in [0, 0.1) is 17.0 Å². The SMILES string of the molecule is Cc1cc(/C(N)=N/Nc2ccc(OC(F)(F)F)cc2)ccc1[N+](=O)[O-]. The van der Waals surface area contributed by atoms with E-state index in [1.165, 1.54) is 30.3 Å². The smallest absolute Gasteiger partial charge is 0.406 e. The van der Waals surface area contributed by atoms with Gasteiger partial charge in [0.2, 0.25) is 0 Å². The highest BCUT2D eigenvalue weighted by Crippen LogP contribution is 2.24. The molecule has 0 radical (unpaired) electrons. The number of rotatable bonds is 5. The van der Waals surface area contributed by atoms with Crippen molar-refractivity contribution in [1.82, 2.24) is 0 Å². The molecule has 3 N–H and O–H groups in total. The van der Waals surface area contributed by atoms with E-state index in [1.54, 1.807) is 6.92 Å². The number of hydrogen-bond donors (Lipinski definition) is 2. The van der Waals surface area contributed by atoms with E-state index < -0.39 is 11.3 Å². The Kier molecular flexibility index (Phi) is 5.11. The number of nitro groups is 1. The van der Waals surface area contributed by atoms with Crippen molar-refractivity contribution in [1.29, 1.82) is 0 Å². The molecule has 0 aliphatic carbocycles. The molecule has 0 aliphatic heterocycles. The number of hydrogen-bond acceptors (Lipinski definition) is 5. The van der Waals surface area contributed by atoms with Gasteiger partial charge in [0.1, 0.15) is 5.75 Å². The lowest BCUT2D eigenvalue weighted by atomic mass is 10.1. The predicted molar refractivity (Wildman–Crippen MR) is 85.3 cm³/mol. The molecule has 132 valence electrons. The number of anilines is 1. The number of nitrogens with two attached hydrogens (primary N) is 1. The molecule has 0 heterocycles. The van der Waals surface area contributed by atoms with Crippen LogP contribution in [0.15, 0.2) is 47.6 Å². The molecule has 7 nitrogen and oxygen atoms in total. The van der Waals surface area contributed by atoms with Crippen molar-refractivity contribution in [3.63, 3.8) is 0 Å². The van der Waals surface area contributed by atoms with Gasteiger partial charge in [-0.1, -0.05) is 0 Å². The highest BCUT2D eigenvalue weighted by atomic mass is 19.4. The lowest BCUT2D eigenvalue weighted by Crippen LogP contribution is -2.17. The van der Waals surface area contributed by atoms with E-state index in [-0.39, 0.29) is 17.3 Å². The van der Waals surface area contributed by atoms with Gasteiger partial charge in [-0.3, -0.25) is 15.5 Å². The summed E-state index contributed by atoms with van der Waals surface area (Å²) in [7, 11) is 0. The van der Waals surface area contributed by atoms with E-state index in [1.807, 2.05) is 0 Å². The van der Waals surface area contributed by atoms with Gasteiger partial charge in [0.15, 0.2) is 5.84 Å². The normalized spacial score (nSPS) is 11.9. The van der Waals surface area contributed by atoms with Crippen molar-refractivity contribution < 1.29 is 22.8 Å². The molecule has 25 heavy (non-hydrogen) atoms. The van der Waals surface area contributed by atoms with Crippen LogP contribution >= 0.6 is 0 Å². The first kappa shape index (κ1) is 18.0. The second-order valence-electron chi connectivity index (χ2n) is 4.94. The number of ether oxygens (including phenoxy) is 1. The zero-order valence-electron chi connectivity index (χ0n) is 12.9. The molecular formula is C15H13F3N4O3. The molecule has 0 unspecified atom stereocenters. The molecule has 2 aromatic rings. The van der Waals surface area contributed by atoms with Gasteiger partial charge in [0.05, 0.1) is 10.6 Å². The molecule has 2 aromatic carbocycles. The van der Waals surface area contributed by atoms with Crippen LogP contribution in [0.5, 0.6) is 5.75 Å². The molecule has 0 aliphatic rings. The van der Waals surface area contributed by atoms with Crippen molar-refractivity contribution >= 4 is 17.2 Å². The van der Waals surface area contributed by atoms with Crippen LogP contribution in [0.25, 0.3) is 0 Å². The standard InChI is InChI=1S/C15H13F3N4O3/c1-9-8-10(2-7-13(9)22(23)24)14(19)21-20-11-3-5-12(6-4-11)25-15(16,17)18/h2-8,20H,1H3,(H2,19,21). The lowest BCUT2D eigenvalue weighted by molar-refractivity contribution is -0.385. The third kappa shape index (κ3) is 5.09. The Morgan fingerprint density at radius 1 is 1.24 bits per heavy atom. The topological polar surface area (TPSA) is 103 Å². The maximum atomic E-state index is 12.1. The van der Waals surface area contributed by atoms with Gasteiger partial charge in [-0.05, 0) is 43.3 Å². The zero-order chi connectivity index (χ0) is 18.6. The average Bonchev–Trinajstić information content (AvgIpc) is 2.52. The summed E-state index contributed by atoms with van der Waals surface area (Å²) in [4.78, 5) is 10.3. The fourth-order valence-corrected chi connectivity index (χ4v) is 1.94. The molecule has 0 saturated carbocycles. The number of alkyl halides is 3. The summed E-state index contributed by atoms with van der Waals surface area (Å²) in [5.74, 6) is -0.297. The minimum Gasteiger partial charge on any atom is -0.406 e. The number of amidine groups is 1. The first-order valence-electron chi connectivity index (χ1n) is 6.86. The average molecular weight is 354 g/mol. The van der Waals surface area contributed by atoms with Gasteiger partial charge in [0.25, 0.3) is 5.69 Å². The van der Waals surface area contributed by atoms with E-state index in [2.05, 4.69) is 15.3 Å². The largest absolute Gasteiger partial charge is 0.573 e. The van der Waals surface area contributed by atoms with Crippen molar-refractivity contribution in [2.45, 2.75) is 13.3 Å². The van der Waals surface area contributed by atoms with Crippen LogP contribution in [0.3, 0.4) is 0 Å². The summed E-state index contributed by atoms with van der Waals surface area (Å²) in [6.07, 6.45) is -4.76. The lowest BCUT2D eigenvalue weighted by Gasteiger charge is -2.09. The van der Waals surface area contributed by atoms with E-state index in [4.69, 9.17) is 5.73 Å². The third-order valence-electron chi connectivity index (χ3n) is 3.08. The Balaban J connectivity index is 2.08.